The molecule has 0 amide bonds. The van der Waals surface area contributed by atoms with Crippen LogP contribution in [-0.4, -0.2) is 119 Å². The third-order valence-electron chi connectivity index (χ3n) is 4.60. The van der Waals surface area contributed by atoms with Crippen molar-refractivity contribution in [2.24, 2.45) is 0 Å². The molecule has 29 heavy (non-hydrogen) atoms. The second-order valence-electron chi connectivity index (χ2n) is 7.08. The summed E-state index contributed by atoms with van der Waals surface area (Å²) in [6, 6.07) is -0.899. The Balaban J connectivity index is 2.92. The first-order chi connectivity index (χ1) is 13.7. The minimum Gasteiger partial charge on any atom is -0.481 e. The van der Waals surface area contributed by atoms with Gasteiger partial charge in [-0.1, -0.05) is 0 Å². The Morgan fingerprint density at radius 3 is 1.72 bits per heavy atom. The fraction of sp³-hybridized carbons (Fsp3) is 0.765. The predicted octanol–water partition coefficient (Wildman–Crippen LogP) is -1.97. The summed E-state index contributed by atoms with van der Waals surface area (Å²) in [5.74, 6) is -4.04. The average molecular weight is 418 g/mol. The molecule has 0 aromatic heterocycles. The van der Waals surface area contributed by atoms with Crippen molar-refractivity contribution in [3.63, 3.8) is 0 Å². The van der Waals surface area contributed by atoms with Gasteiger partial charge in [0.1, 0.15) is 0 Å². The van der Waals surface area contributed by atoms with Crippen LogP contribution in [0.25, 0.3) is 0 Å². The van der Waals surface area contributed by atoms with Gasteiger partial charge in [0.05, 0.1) is 25.9 Å². The molecule has 1 saturated heterocycles. The number of carboxylic acid groups (broad SMARTS) is 4. The number of nitrogens with one attached hydrogen (secondary N) is 2. The highest BCUT2D eigenvalue weighted by molar-refractivity contribution is 5.69. The van der Waals surface area contributed by atoms with Crippen LogP contribution < -0.4 is 10.6 Å². The van der Waals surface area contributed by atoms with E-state index in [4.69, 9.17) is 20.4 Å². The van der Waals surface area contributed by atoms with E-state index in [-0.39, 0.29) is 32.5 Å². The summed E-state index contributed by atoms with van der Waals surface area (Å²) in [5, 5.41) is 42.6. The molecule has 1 aliphatic heterocycles. The molecule has 0 aromatic carbocycles. The van der Waals surface area contributed by atoms with E-state index in [0.29, 0.717) is 39.1 Å². The van der Waals surface area contributed by atoms with Crippen LogP contribution in [0.5, 0.6) is 0 Å². The molecule has 2 atom stereocenters. The molecule has 0 aliphatic carbocycles. The van der Waals surface area contributed by atoms with Gasteiger partial charge in [-0.3, -0.25) is 29.0 Å². The highest BCUT2D eigenvalue weighted by atomic mass is 16.4. The molecule has 0 saturated carbocycles. The van der Waals surface area contributed by atoms with Crippen LogP contribution in [-0.2, 0) is 19.2 Å². The van der Waals surface area contributed by atoms with Gasteiger partial charge in [-0.2, -0.15) is 0 Å². The Bertz CT molecular complexity index is 526. The first-order valence-corrected chi connectivity index (χ1v) is 9.44. The van der Waals surface area contributed by atoms with Crippen LogP contribution in [0.15, 0.2) is 0 Å². The molecule has 1 fully saturated rings. The van der Waals surface area contributed by atoms with Crippen LogP contribution >= 0.6 is 0 Å². The van der Waals surface area contributed by atoms with E-state index >= 15 is 0 Å². The van der Waals surface area contributed by atoms with Gasteiger partial charge in [-0.05, 0) is 6.42 Å². The molecule has 12 nitrogen and oxygen atoms in total. The summed E-state index contributed by atoms with van der Waals surface area (Å²) in [5.41, 5.74) is 0. The van der Waals surface area contributed by atoms with E-state index in [1.54, 1.807) is 9.80 Å². The van der Waals surface area contributed by atoms with Gasteiger partial charge in [0.2, 0.25) is 0 Å². The minimum atomic E-state index is -1.02. The standard InChI is InChI=1S/C17H30N4O8/c22-14(23)7-12-1-3-20(10-16(26)27)5-6-21(11-17(28)29)4-2-18-13(9-19-12)8-15(24)25/h12-13,18-19H,1-11H2,(H,22,23)(H,24,25)(H,26,27)(H,28,29). The highest BCUT2D eigenvalue weighted by Crippen LogP contribution is 2.05. The molecular formula is C17H30N4O8. The van der Waals surface area contributed by atoms with Gasteiger partial charge < -0.3 is 31.1 Å². The van der Waals surface area contributed by atoms with Crippen LogP contribution in [0.4, 0.5) is 0 Å². The fourth-order valence-electron chi connectivity index (χ4n) is 3.19. The summed E-state index contributed by atoms with van der Waals surface area (Å²) < 4.78 is 0. The predicted molar refractivity (Wildman–Crippen MR) is 101 cm³/mol. The quantitative estimate of drug-likeness (QED) is 0.256. The first kappa shape index (κ1) is 24.8. The molecule has 166 valence electrons. The normalized spacial score (nSPS) is 23.3. The number of hydrogen-bond acceptors (Lipinski definition) is 8. The first-order valence-electron chi connectivity index (χ1n) is 9.44. The third kappa shape index (κ3) is 12.0. The van der Waals surface area contributed by atoms with Crippen molar-refractivity contribution in [1.82, 2.24) is 20.4 Å². The molecule has 1 rings (SSSR count). The van der Waals surface area contributed by atoms with E-state index in [0.717, 1.165) is 0 Å². The van der Waals surface area contributed by atoms with Crippen molar-refractivity contribution in [3.05, 3.63) is 0 Å². The molecule has 1 aliphatic rings. The number of rotatable bonds is 8. The van der Waals surface area contributed by atoms with Gasteiger partial charge in [0.25, 0.3) is 0 Å². The number of carbonyl (C=O) groups is 4. The van der Waals surface area contributed by atoms with Crippen LogP contribution in [0.2, 0.25) is 0 Å². The Hall–Kier alpha value is -2.28. The van der Waals surface area contributed by atoms with Crippen molar-refractivity contribution >= 4 is 23.9 Å². The molecule has 6 N–H and O–H groups in total. The Kier molecular flexibility index (Phi) is 11.1. The lowest BCUT2D eigenvalue weighted by atomic mass is 10.1. The van der Waals surface area contributed by atoms with Crippen molar-refractivity contribution in [2.75, 3.05) is 52.4 Å². The lowest BCUT2D eigenvalue weighted by Gasteiger charge is -2.26. The maximum absolute atomic E-state index is 11.1. The van der Waals surface area contributed by atoms with Gasteiger partial charge in [0.15, 0.2) is 0 Å². The van der Waals surface area contributed by atoms with E-state index in [9.17, 15) is 19.2 Å². The number of carboxylic acids is 4. The lowest BCUT2D eigenvalue weighted by Crippen LogP contribution is -2.46. The minimum absolute atomic E-state index is 0.170. The molecule has 0 bridgehead atoms. The second-order valence-corrected chi connectivity index (χ2v) is 7.08. The summed E-state index contributed by atoms with van der Waals surface area (Å²) in [4.78, 5) is 47.8. The van der Waals surface area contributed by atoms with Gasteiger partial charge >= 0.3 is 23.9 Å². The highest BCUT2D eigenvalue weighted by Gasteiger charge is 2.21. The summed E-state index contributed by atoms with van der Waals surface area (Å²) >= 11 is 0. The number of hydrogen-bond donors (Lipinski definition) is 6. The van der Waals surface area contributed by atoms with Crippen molar-refractivity contribution in [1.29, 1.82) is 0 Å². The molecule has 0 spiro atoms. The summed E-state index contributed by atoms with van der Waals surface area (Å²) in [6.45, 7) is 1.42. The summed E-state index contributed by atoms with van der Waals surface area (Å²) in [7, 11) is 0. The number of nitrogens with zero attached hydrogens (tertiary/aromatic N) is 2. The van der Waals surface area contributed by atoms with E-state index in [1.807, 2.05) is 0 Å². The van der Waals surface area contributed by atoms with E-state index < -0.39 is 36.0 Å². The van der Waals surface area contributed by atoms with Gasteiger partial charge in [-0.25, -0.2) is 0 Å². The maximum atomic E-state index is 11.1. The van der Waals surface area contributed by atoms with Crippen LogP contribution in [0, 0.1) is 0 Å². The van der Waals surface area contributed by atoms with E-state index in [1.165, 1.54) is 0 Å². The molecule has 12 heteroatoms. The zero-order valence-corrected chi connectivity index (χ0v) is 16.2. The Morgan fingerprint density at radius 1 is 0.690 bits per heavy atom. The van der Waals surface area contributed by atoms with Crippen molar-refractivity contribution in [2.45, 2.75) is 31.3 Å². The van der Waals surface area contributed by atoms with Crippen LogP contribution in [0.3, 0.4) is 0 Å². The number of aliphatic carboxylic acids is 4. The van der Waals surface area contributed by atoms with Gasteiger partial charge in [0, 0.05) is 51.4 Å². The Morgan fingerprint density at radius 2 is 1.21 bits per heavy atom. The third-order valence-corrected chi connectivity index (χ3v) is 4.60. The fourth-order valence-corrected chi connectivity index (χ4v) is 3.19. The van der Waals surface area contributed by atoms with Crippen LogP contribution in [0.1, 0.15) is 19.3 Å². The van der Waals surface area contributed by atoms with Crippen molar-refractivity contribution in [3.8, 4) is 0 Å². The van der Waals surface area contributed by atoms with E-state index in [2.05, 4.69) is 10.6 Å². The topological polar surface area (TPSA) is 180 Å². The molecule has 1 heterocycles. The second kappa shape index (κ2) is 13.0. The Labute approximate surface area is 168 Å². The lowest BCUT2D eigenvalue weighted by molar-refractivity contribution is -0.140. The van der Waals surface area contributed by atoms with Crippen molar-refractivity contribution < 1.29 is 39.6 Å². The molecule has 0 radical (unpaired) electrons. The summed E-state index contributed by atoms with van der Waals surface area (Å²) in [6.07, 6.45) is 0.0149. The monoisotopic (exact) mass is 418 g/mol. The SMILES string of the molecule is O=C(O)CC1CCN(CC(=O)O)CCN(CC(=O)O)CCNC(CC(=O)O)CN1. The zero-order chi connectivity index (χ0) is 21.8. The van der Waals surface area contributed by atoms with Gasteiger partial charge in [-0.15, -0.1) is 0 Å². The zero-order valence-electron chi connectivity index (χ0n) is 16.2. The molecule has 2 unspecified atom stereocenters. The maximum Gasteiger partial charge on any atom is 0.317 e. The molecular weight excluding hydrogens is 388 g/mol. The largest absolute Gasteiger partial charge is 0.481 e. The molecule has 0 aromatic rings. The smallest absolute Gasteiger partial charge is 0.317 e. The average Bonchev–Trinajstić information content (AvgIpc) is 2.59.